The summed E-state index contributed by atoms with van der Waals surface area (Å²) in [5.41, 5.74) is 3.36. The predicted molar refractivity (Wildman–Crippen MR) is 89.3 cm³/mol. The summed E-state index contributed by atoms with van der Waals surface area (Å²) >= 11 is 0. The zero-order chi connectivity index (χ0) is 17.5. The summed E-state index contributed by atoms with van der Waals surface area (Å²) in [7, 11) is 4.43. The first-order valence-corrected chi connectivity index (χ1v) is 7.01. The Morgan fingerprint density at radius 3 is 2.29 bits per heavy atom. The van der Waals surface area contributed by atoms with E-state index in [1.807, 2.05) is 0 Å². The van der Waals surface area contributed by atoms with Gasteiger partial charge >= 0.3 is 0 Å². The van der Waals surface area contributed by atoms with Crippen molar-refractivity contribution in [2.75, 3.05) is 21.3 Å². The first-order valence-electron chi connectivity index (χ1n) is 7.01. The van der Waals surface area contributed by atoms with Crippen LogP contribution in [-0.4, -0.2) is 38.6 Å². The zero-order valence-electron chi connectivity index (χ0n) is 13.6. The normalized spacial score (nSPS) is 10.5. The molecule has 0 atom stereocenters. The lowest BCUT2D eigenvalue weighted by Gasteiger charge is -2.13. The zero-order valence-corrected chi connectivity index (χ0v) is 13.6. The average molecular weight is 330 g/mol. The van der Waals surface area contributed by atoms with E-state index in [4.69, 9.17) is 14.2 Å². The van der Waals surface area contributed by atoms with Crippen molar-refractivity contribution >= 4 is 12.1 Å². The molecule has 2 N–H and O–H groups in total. The van der Waals surface area contributed by atoms with Gasteiger partial charge in [0.25, 0.3) is 5.91 Å². The lowest BCUT2D eigenvalue weighted by molar-refractivity contribution is 0.0954. The van der Waals surface area contributed by atoms with Crippen LogP contribution in [0.25, 0.3) is 0 Å². The van der Waals surface area contributed by atoms with Gasteiger partial charge < -0.3 is 19.3 Å². The SMILES string of the molecule is COc1cc(C(=O)NN=Cc2cccc(O)c2)cc(OC)c1OC. The average Bonchev–Trinajstić information content (AvgIpc) is 2.60. The molecule has 0 saturated carbocycles. The molecule has 0 unspecified atom stereocenters. The third-order valence-corrected chi connectivity index (χ3v) is 3.18. The third-order valence-electron chi connectivity index (χ3n) is 3.18. The van der Waals surface area contributed by atoms with E-state index in [2.05, 4.69) is 10.5 Å². The van der Waals surface area contributed by atoms with Crippen LogP contribution >= 0.6 is 0 Å². The summed E-state index contributed by atoms with van der Waals surface area (Å²) in [6.45, 7) is 0. The van der Waals surface area contributed by atoms with Gasteiger partial charge in [-0.05, 0) is 29.8 Å². The summed E-state index contributed by atoms with van der Waals surface area (Å²) in [6, 6.07) is 9.55. The minimum absolute atomic E-state index is 0.120. The van der Waals surface area contributed by atoms with Crippen molar-refractivity contribution in [3.63, 3.8) is 0 Å². The molecule has 0 aliphatic heterocycles. The largest absolute Gasteiger partial charge is 0.508 e. The summed E-state index contributed by atoms with van der Waals surface area (Å²) in [6.07, 6.45) is 1.43. The van der Waals surface area contributed by atoms with Gasteiger partial charge in [-0.15, -0.1) is 0 Å². The number of hydrogen-bond donors (Lipinski definition) is 2. The Labute approximate surface area is 139 Å². The number of phenols is 1. The van der Waals surface area contributed by atoms with Crippen molar-refractivity contribution < 1.29 is 24.1 Å². The van der Waals surface area contributed by atoms with E-state index in [1.54, 1.807) is 18.2 Å². The molecule has 2 aromatic carbocycles. The van der Waals surface area contributed by atoms with Gasteiger partial charge in [0.2, 0.25) is 5.75 Å². The fourth-order valence-corrected chi connectivity index (χ4v) is 2.05. The van der Waals surface area contributed by atoms with Gasteiger partial charge in [-0.2, -0.15) is 5.10 Å². The lowest BCUT2D eigenvalue weighted by Crippen LogP contribution is -2.18. The molecule has 0 aliphatic rings. The highest BCUT2D eigenvalue weighted by Gasteiger charge is 2.16. The van der Waals surface area contributed by atoms with Gasteiger partial charge in [-0.25, -0.2) is 5.43 Å². The molecule has 0 aromatic heterocycles. The van der Waals surface area contributed by atoms with Crippen LogP contribution in [-0.2, 0) is 0 Å². The molecule has 0 fully saturated rings. The topological polar surface area (TPSA) is 89.4 Å². The highest BCUT2D eigenvalue weighted by Crippen LogP contribution is 2.38. The number of aromatic hydroxyl groups is 1. The number of carbonyl (C=O) groups excluding carboxylic acids is 1. The molecule has 0 saturated heterocycles. The van der Waals surface area contributed by atoms with Gasteiger partial charge in [0, 0.05) is 5.56 Å². The molecular formula is C17H18N2O5. The molecule has 0 aliphatic carbocycles. The van der Waals surface area contributed by atoms with Crippen molar-refractivity contribution in [3.05, 3.63) is 47.5 Å². The lowest BCUT2D eigenvalue weighted by atomic mass is 10.1. The molecule has 0 radical (unpaired) electrons. The third kappa shape index (κ3) is 3.95. The van der Waals surface area contributed by atoms with E-state index < -0.39 is 5.91 Å². The fourth-order valence-electron chi connectivity index (χ4n) is 2.05. The van der Waals surface area contributed by atoms with Gasteiger partial charge in [0.05, 0.1) is 27.5 Å². The first-order chi connectivity index (χ1) is 11.6. The molecule has 1 amide bonds. The molecule has 24 heavy (non-hydrogen) atoms. The van der Waals surface area contributed by atoms with E-state index in [1.165, 1.54) is 45.7 Å². The molecule has 0 bridgehead atoms. The number of hydrazone groups is 1. The maximum absolute atomic E-state index is 12.2. The second-order valence-corrected chi connectivity index (χ2v) is 4.71. The quantitative estimate of drug-likeness (QED) is 0.626. The van der Waals surface area contributed by atoms with Crippen LogP contribution in [0, 0.1) is 0 Å². The Kier molecular flexibility index (Phi) is 5.62. The number of methoxy groups -OCH3 is 3. The monoisotopic (exact) mass is 330 g/mol. The number of nitrogens with zero attached hydrogens (tertiary/aromatic N) is 1. The Hall–Kier alpha value is -3.22. The van der Waals surface area contributed by atoms with Crippen LogP contribution in [0.2, 0.25) is 0 Å². The first kappa shape index (κ1) is 17.1. The molecular weight excluding hydrogens is 312 g/mol. The Balaban J connectivity index is 2.17. The van der Waals surface area contributed by atoms with E-state index >= 15 is 0 Å². The fraction of sp³-hybridized carbons (Fsp3) is 0.176. The minimum Gasteiger partial charge on any atom is -0.508 e. The van der Waals surface area contributed by atoms with Crippen molar-refractivity contribution in [2.45, 2.75) is 0 Å². The van der Waals surface area contributed by atoms with E-state index in [9.17, 15) is 9.90 Å². The Bertz CT molecular complexity index is 733. The molecule has 7 heteroatoms. The minimum atomic E-state index is -0.439. The van der Waals surface area contributed by atoms with Gasteiger partial charge in [0.1, 0.15) is 5.75 Å². The number of benzene rings is 2. The molecule has 7 nitrogen and oxygen atoms in total. The van der Waals surface area contributed by atoms with Crippen LogP contribution in [0.4, 0.5) is 0 Å². The van der Waals surface area contributed by atoms with Gasteiger partial charge in [0.15, 0.2) is 11.5 Å². The van der Waals surface area contributed by atoms with Crippen LogP contribution < -0.4 is 19.6 Å². The maximum atomic E-state index is 12.2. The van der Waals surface area contributed by atoms with Crippen LogP contribution in [0.5, 0.6) is 23.0 Å². The van der Waals surface area contributed by atoms with E-state index in [0.29, 0.717) is 28.4 Å². The van der Waals surface area contributed by atoms with Crippen molar-refractivity contribution in [1.82, 2.24) is 5.43 Å². The van der Waals surface area contributed by atoms with Crippen LogP contribution in [0.1, 0.15) is 15.9 Å². The summed E-state index contributed by atoms with van der Waals surface area (Å²) in [5, 5.41) is 13.2. The molecule has 0 spiro atoms. The standard InChI is InChI=1S/C17H18N2O5/c1-22-14-8-12(9-15(23-2)16(14)24-3)17(21)19-18-10-11-5-4-6-13(20)7-11/h4-10,20H,1-3H3,(H,19,21). The summed E-state index contributed by atoms with van der Waals surface area (Å²) < 4.78 is 15.6. The number of phenolic OH excluding ortho intramolecular Hbond substituents is 1. The number of amides is 1. The van der Waals surface area contributed by atoms with Crippen molar-refractivity contribution in [3.8, 4) is 23.0 Å². The van der Waals surface area contributed by atoms with Crippen molar-refractivity contribution in [2.24, 2.45) is 5.10 Å². The number of carbonyl (C=O) groups is 1. The maximum Gasteiger partial charge on any atom is 0.271 e. The smallest absolute Gasteiger partial charge is 0.271 e. The molecule has 0 heterocycles. The molecule has 126 valence electrons. The Morgan fingerprint density at radius 1 is 1.08 bits per heavy atom. The van der Waals surface area contributed by atoms with E-state index in [0.717, 1.165) is 0 Å². The van der Waals surface area contributed by atoms with Crippen LogP contribution in [0.15, 0.2) is 41.5 Å². The predicted octanol–water partition coefficient (Wildman–Crippen LogP) is 2.18. The summed E-state index contributed by atoms with van der Waals surface area (Å²) in [4.78, 5) is 12.2. The number of rotatable bonds is 6. The van der Waals surface area contributed by atoms with Gasteiger partial charge in [-0.1, -0.05) is 12.1 Å². The molecule has 2 aromatic rings. The second kappa shape index (κ2) is 7.87. The highest BCUT2D eigenvalue weighted by molar-refractivity contribution is 5.96. The number of ether oxygens (including phenoxy) is 3. The van der Waals surface area contributed by atoms with Gasteiger partial charge in [-0.3, -0.25) is 4.79 Å². The highest BCUT2D eigenvalue weighted by atomic mass is 16.5. The Morgan fingerprint density at radius 2 is 1.75 bits per heavy atom. The molecule has 2 rings (SSSR count). The summed E-state index contributed by atoms with van der Waals surface area (Å²) in [5.74, 6) is 0.832. The van der Waals surface area contributed by atoms with Crippen LogP contribution in [0.3, 0.4) is 0 Å². The second-order valence-electron chi connectivity index (χ2n) is 4.71. The number of nitrogens with one attached hydrogen (secondary N) is 1. The van der Waals surface area contributed by atoms with Crippen molar-refractivity contribution in [1.29, 1.82) is 0 Å². The number of hydrogen-bond acceptors (Lipinski definition) is 6. The van der Waals surface area contributed by atoms with E-state index in [-0.39, 0.29) is 5.75 Å².